The highest BCUT2D eigenvalue weighted by atomic mass is 19.4. The van der Waals surface area contributed by atoms with Crippen LogP contribution in [-0.4, -0.2) is 6.36 Å². The predicted molar refractivity (Wildman–Crippen MR) is 84.0 cm³/mol. The summed E-state index contributed by atoms with van der Waals surface area (Å²) in [6.07, 6.45) is -4.74. The Labute approximate surface area is 132 Å². The quantitative estimate of drug-likeness (QED) is 0.583. The molecule has 3 aromatic carbocycles. The van der Waals surface area contributed by atoms with Crippen molar-refractivity contribution in [3.63, 3.8) is 0 Å². The number of benzene rings is 3. The normalized spacial score (nSPS) is 11.3. The molecule has 0 aliphatic heterocycles. The molecule has 0 spiro atoms. The van der Waals surface area contributed by atoms with E-state index in [1.807, 2.05) is 36.4 Å². The Bertz CT molecular complexity index is 781. The summed E-state index contributed by atoms with van der Waals surface area (Å²) in [5.74, 6) is -0.204. The predicted octanol–water partition coefficient (Wildman–Crippen LogP) is 5.92. The van der Waals surface area contributed by atoms with Gasteiger partial charge in [-0.25, -0.2) is 0 Å². The maximum absolute atomic E-state index is 12.7. The minimum Gasteiger partial charge on any atom is -0.405 e. The zero-order valence-corrected chi connectivity index (χ0v) is 12.0. The Kier molecular flexibility index (Phi) is 4.06. The first-order valence-electron chi connectivity index (χ1n) is 7.04. The zero-order chi connectivity index (χ0) is 16.3. The van der Waals surface area contributed by atoms with E-state index in [9.17, 15) is 13.2 Å². The fraction of sp³-hybridized carbons (Fsp3) is 0.0526. The number of alkyl halides is 3. The maximum Gasteiger partial charge on any atom is 0.573 e. The Morgan fingerprint density at radius 3 is 1.74 bits per heavy atom. The van der Waals surface area contributed by atoms with Gasteiger partial charge in [-0.3, -0.25) is 0 Å². The molecule has 0 aromatic heterocycles. The summed E-state index contributed by atoms with van der Waals surface area (Å²) in [6, 6.07) is 22.9. The van der Waals surface area contributed by atoms with E-state index in [1.54, 1.807) is 36.4 Å². The van der Waals surface area contributed by atoms with Crippen molar-refractivity contribution in [1.29, 1.82) is 0 Å². The summed E-state index contributed by atoms with van der Waals surface area (Å²) in [5.41, 5.74) is 2.63. The summed E-state index contributed by atoms with van der Waals surface area (Å²) in [7, 11) is 0. The van der Waals surface area contributed by atoms with Crippen LogP contribution in [0.3, 0.4) is 0 Å². The molecule has 0 aliphatic rings. The lowest BCUT2D eigenvalue weighted by Gasteiger charge is -2.17. The standard InChI is InChI=1S/C19H13F3O/c20-19(21,22)23-17-13-7-12-16(14-8-3-1-4-9-14)18(17)15-10-5-2-6-11-15/h1-13H. The van der Waals surface area contributed by atoms with Crippen LogP contribution in [0.2, 0.25) is 0 Å². The highest BCUT2D eigenvalue weighted by Crippen LogP contribution is 2.40. The van der Waals surface area contributed by atoms with Crippen LogP contribution in [0.4, 0.5) is 13.2 Å². The molecular formula is C19H13F3O. The van der Waals surface area contributed by atoms with Crippen molar-refractivity contribution in [2.45, 2.75) is 6.36 Å². The molecule has 0 amide bonds. The lowest BCUT2D eigenvalue weighted by molar-refractivity contribution is -0.274. The second-order valence-electron chi connectivity index (χ2n) is 4.96. The second-order valence-corrected chi connectivity index (χ2v) is 4.96. The molecule has 0 saturated carbocycles. The third-order valence-electron chi connectivity index (χ3n) is 3.40. The van der Waals surface area contributed by atoms with Gasteiger partial charge in [-0.1, -0.05) is 72.8 Å². The molecule has 0 heterocycles. The Morgan fingerprint density at radius 2 is 1.17 bits per heavy atom. The van der Waals surface area contributed by atoms with Gasteiger partial charge in [0.2, 0.25) is 0 Å². The molecule has 3 aromatic rings. The molecule has 0 N–H and O–H groups in total. The summed E-state index contributed by atoms with van der Waals surface area (Å²) in [6.45, 7) is 0. The van der Waals surface area contributed by atoms with Crippen LogP contribution >= 0.6 is 0 Å². The molecule has 0 aliphatic carbocycles. The first-order valence-corrected chi connectivity index (χ1v) is 7.04. The molecule has 0 saturated heterocycles. The zero-order valence-electron chi connectivity index (χ0n) is 12.0. The number of hydrogen-bond donors (Lipinski definition) is 0. The first-order chi connectivity index (χ1) is 11.0. The third-order valence-corrected chi connectivity index (χ3v) is 3.40. The van der Waals surface area contributed by atoms with Crippen LogP contribution < -0.4 is 4.74 Å². The van der Waals surface area contributed by atoms with Crippen LogP contribution in [0, 0.1) is 0 Å². The Balaban J connectivity index is 2.22. The largest absolute Gasteiger partial charge is 0.573 e. The van der Waals surface area contributed by atoms with E-state index in [-0.39, 0.29) is 5.75 Å². The molecule has 116 valence electrons. The number of rotatable bonds is 3. The van der Waals surface area contributed by atoms with Crippen molar-refractivity contribution in [3.8, 4) is 28.0 Å². The van der Waals surface area contributed by atoms with Gasteiger partial charge in [0, 0.05) is 5.56 Å². The molecule has 4 heteroatoms. The molecule has 0 unspecified atom stereocenters. The summed E-state index contributed by atoms with van der Waals surface area (Å²) in [5, 5.41) is 0. The highest BCUT2D eigenvalue weighted by Gasteiger charge is 2.32. The van der Waals surface area contributed by atoms with Gasteiger partial charge >= 0.3 is 6.36 Å². The number of hydrogen-bond acceptors (Lipinski definition) is 1. The average molecular weight is 314 g/mol. The SMILES string of the molecule is FC(F)(F)Oc1cccc(-c2ccccc2)c1-c1ccccc1. The molecule has 0 atom stereocenters. The van der Waals surface area contributed by atoms with Crippen molar-refractivity contribution in [2.24, 2.45) is 0 Å². The van der Waals surface area contributed by atoms with E-state index >= 15 is 0 Å². The van der Waals surface area contributed by atoms with Crippen molar-refractivity contribution >= 4 is 0 Å². The Morgan fingerprint density at radius 1 is 0.609 bits per heavy atom. The van der Waals surface area contributed by atoms with E-state index in [2.05, 4.69) is 4.74 Å². The third kappa shape index (κ3) is 3.54. The minimum absolute atomic E-state index is 0.204. The van der Waals surface area contributed by atoms with Crippen LogP contribution in [0.1, 0.15) is 0 Å². The molecule has 0 bridgehead atoms. The van der Waals surface area contributed by atoms with E-state index in [0.717, 1.165) is 5.56 Å². The van der Waals surface area contributed by atoms with Crippen molar-refractivity contribution in [1.82, 2.24) is 0 Å². The molecule has 0 fully saturated rings. The van der Waals surface area contributed by atoms with Crippen LogP contribution in [0.5, 0.6) is 5.75 Å². The lowest BCUT2D eigenvalue weighted by atomic mass is 9.94. The maximum atomic E-state index is 12.7. The molecule has 23 heavy (non-hydrogen) atoms. The summed E-state index contributed by atoms with van der Waals surface area (Å²) >= 11 is 0. The summed E-state index contributed by atoms with van der Waals surface area (Å²) < 4.78 is 42.5. The van der Waals surface area contributed by atoms with E-state index in [4.69, 9.17) is 0 Å². The molecule has 1 nitrogen and oxygen atoms in total. The smallest absolute Gasteiger partial charge is 0.405 e. The van der Waals surface area contributed by atoms with Gasteiger partial charge in [-0.05, 0) is 22.8 Å². The lowest BCUT2D eigenvalue weighted by Crippen LogP contribution is -2.17. The van der Waals surface area contributed by atoms with Gasteiger partial charge in [0.15, 0.2) is 0 Å². The van der Waals surface area contributed by atoms with Crippen molar-refractivity contribution in [3.05, 3.63) is 78.9 Å². The number of ether oxygens (including phenoxy) is 1. The van der Waals surface area contributed by atoms with E-state index < -0.39 is 6.36 Å². The van der Waals surface area contributed by atoms with Gasteiger partial charge in [-0.15, -0.1) is 13.2 Å². The molecular weight excluding hydrogens is 301 g/mol. The first kappa shape index (κ1) is 15.2. The van der Waals surface area contributed by atoms with Gasteiger partial charge in [0.25, 0.3) is 0 Å². The van der Waals surface area contributed by atoms with Crippen molar-refractivity contribution in [2.75, 3.05) is 0 Å². The molecule has 3 rings (SSSR count). The van der Waals surface area contributed by atoms with Crippen LogP contribution in [0.15, 0.2) is 78.9 Å². The van der Waals surface area contributed by atoms with Gasteiger partial charge in [0.1, 0.15) is 5.75 Å². The van der Waals surface area contributed by atoms with Gasteiger partial charge in [0.05, 0.1) is 0 Å². The fourth-order valence-electron chi connectivity index (χ4n) is 2.50. The fourth-order valence-corrected chi connectivity index (χ4v) is 2.50. The van der Waals surface area contributed by atoms with E-state index in [0.29, 0.717) is 16.7 Å². The topological polar surface area (TPSA) is 9.23 Å². The van der Waals surface area contributed by atoms with E-state index in [1.165, 1.54) is 6.07 Å². The minimum atomic E-state index is -4.74. The average Bonchev–Trinajstić information content (AvgIpc) is 2.55. The molecule has 0 radical (unpaired) electrons. The highest BCUT2D eigenvalue weighted by molar-refractivity contribution is 5.87. The van der Waals surface area contributed by atoms with Gasteiger partial charge < -0.3 is 4.74 Å². The van der Waals surface area contributed by atoms with Gasteiger partial charge in [-0.2, -0.15) is 0 Å². The van der Waals surface area contributed by atoms with Crippen LogP contribution in [0.25, 0.3) is 22.3 Å². The monoisotopic (exact) mass is 314 g/mol. The van der Waals surface area contributed by atoms with Crippen LogP contribution in [-0.2, 0) is 0 Å². The summed E-state index contributed by atoms with van der Waals surface area (Å²) in [4.78, 5) is 0. The second kappa shape index (κ2) is 6.16. The Hall–Kier alpha value is -2.75. The van der Waals surface area contributed by atoms with Crippen molar-refractivity contribution < 1.29 is 17.9 Å². The number of halogens is 3.